The minimum Gasteiger partial charge on any atom is -0.294 e. The van der Waals surface area contributed by atoms with Crippen LogP contribution in [0.1, 0.15) is 51.8 Å². The van der Waals surface area contributed by atoms with E-state index in [2.05, 4.69) is 0 Å². The van der Waals surface area contributed by atoms with Gasteiger partial charge in [0.25, 0.3) is 0 Å². The van der Waals surface area contributed by atoms with Crippen molar-refractivity contribution in [3.8, 4) is 0 Å². The van der Waals surface area contributed by atoms with Crippen molar-refractivity contribution >= 4 is 41.2 Å². The monoisotopic (exact) mass is 388 g/mol. The maximum Gasteiger partial charge on any atom is 0.161 e. The maximum absolute atomic E-state index is 12.7. The number of Topliss-reactive ketones (excluding diaryl/α,β-unsaturated/α-hetero) is 3. The molecule has 0 aliphatic heterocycles. The Morgan fingerprint density at radius 1 is 0.571 bits per heavy atom. The number of ketones is 3. The second-order valence-electron chi connectivity index (χ2n) is 6.56. The highest BCUT2D eigenvalue weighted by atomic mass is 31.1. The highest BCUT2D eigenvalue weighted by Crippen LogP contribution is 2.36. The predicted octanol–water partition coefficient (Wildman–Crippen LogP) is 4.05. The lowest BCUT2D eigenvalue weighted by Crippen LogP contribution is -2.28. The molecule has 0 saturated carbocycles. The lowest BCUT2D eigenvalue weighted by Gasteiger charge is -2.23. The SMILES string of the molecule is CC(=O)c1ccc(P(c2ccccc2)c2ccccc2)c(C(C)=O)c1C(C)=O. The van der Waals surface area contributed by atoms with Crippen molar-refractivity contribution in [3.05, 3.63) is 89.5 Å². The van der Waals surface area contributed by atoms with E-state index >= 15 is 0 Å². The maximum atomic E-state index is 12.7. The molecule has 3 nitrogen and oxygen atoms in total. The topological polar surface area (TPSA) is 51.2 Å². The van der Waals surface area contributed by atoms with Gasteiger partial charge in [0.05, 0.1) is 0 Å². The average molecular weight is 388 g/mol. The van der Waals surface area contributed by atoms with Crippen LogP contribution in [-0.2, 0) is 0 Å². The third-order valence-corrected chi connectivity index (χ3v) is 7.02. The molecule has 0 amide bonds. The molecule has 28 heavy (non-hydrogen) atoms. The summed E-state index contributed by atoms with van der Waals surface area (Å²) in [5.41, 5.74) is 0.897. The van der Waals surface area contributed by atoms with E-state index in [9.17, 15) is 14.4 Å². The Balaban J connectivity index is 2.38. The number of hydrogen-bond donors (Lipinski definition) is 0. The minimum atomic E-state index is -1.06. The van der Waals surface area contributed by atoms with E-state index in [1.54, 1.807) is 6.07 Å². The van der Waals surface area contributed by atoms with Crippen molar-refractivity contribution in [2.45, 2.75) is 20.8 Å². The molecule has 0 atom stereocenters. The van der Waals surface area contributed by atoms with E-state index in [1.165, 1.54) is 20.8 Å². The fourth-order valence-electron chi connectivity index (χ4n) is 3.37. The average Bonchev–Trinajstić information content (AvgIpc) is 2.69. The summed E-state index contributed by atoms with van der Waals surface area (Å²) in [6.07, 6.45) is 0. The Morgan fingerprint density at radius 3 is 1.43 bits per heavy atom. The van der Waals surface area contributed by atoms with E-state index in [0.29, 0.717) is 11.1 Å². The molecule has 3 rings (SSSR count). The van der Waals surface area contributed by atoms with Gasteiger partial charge in [-0.25, -0.2) is 0 Å². The molecule has 0 radical (unpaired) electrons. The van der Waals surface area contributed by atoms with Gasteiger partial charge in [-0.05, 0) is 50.7 Å². The van der Waals surface area contributed by atoms with Gasteiger partial charge in [0.2, 0.25) is 0 Å². The molecule has 0 aliphatic rings. The fourth-order valence-corrected chi connectivity index (χ4v) is 5.89. The number of rotatable bonds is 6. The van der Waals surface area contributed by atoms with Gasteiger partial charge in [-0.1, -0.05) is 66.7 Å². The molecule has 3 aromatic carbocycles. The van der Waals surface area contributed by atoms with Crippen molar-refractivity contribution in [2.24, 2.45) is 0 Å². The minimum absolute atomic E-state index is 0.206. The number of hydrogen-bond acceptors (Lipinski definition) is 3. The van der Waals surface area contributed by atoms with Crippen LogP contribution in [0.2, 0.25) is 0 Å². The third-order valence-electron chi connectivity index (χ3n) is 4.54. The Hall–Kier alpha value is -2.90. The van der Waals surface area contributed by atoms with Crippen LogP contribution in [0.5, 0.6) is 0 Å². The van der Waals surface area contributed by atoms with Crippen LogP contribution in [0.3, 0.4) is 0 Å². The van der Waals surface area contributed by atoms with E-state index in [1.807, 2.05) is 66.7 Å². The quantitative estimate of drug-likeness (QED) is 0.473. The summed E-state index contributed by atoms with van der Waals surface area (Å²) in [4.78, 5) is 37.2. The molecule has 0 bridgehead atoms. The van der Waals surface area contributed by atoms with Gasteiger partial charge >= 0.3 is 0 Å². The zero-order valence-electron chi connectivity index (χ0n) is 16.1. The predicted molar refractivity (Wildman–Crippen MR) is 115 cm³/mol. The molecule has 140 valence electrons. The highest BCUT2D eigenvalue weighted by Gasteiger charge is 2.27. The zero-order valence-corrected chi connectivity index (χ0v) is 17.0. The molecule has 0 N–H and O–H groups in total. The third kappa shape index (κ3) is 3.85. The van der Waals surface area contributed by atoms with Gasteiger partial charge in [0.1, 0.15) is 0 Å². The Morgan fingerprint density at radius 2 is 1.04 bits per heavy atom. The summed E-state index contributed by atoms with van der Waals surface area (Å²) in [6, 6.07) is 23.4. The molecule has 0 unspecified atom stereocenters. The molecular formula is C24H21O3P. The van der Waals surface area contributed by atoms with Crippen molar-refractivity contribution < 1.29 is 14.4 Å². The molecular weight excluding hydrogens is 367 g/mol. The number of carbonyl (C=O) groups is 3. The largest absolute Gasteiger partial charge is 0.294 e. The zero-order chi connectivity index (χ0) is 20.3. The molecule has 4 heteroatoms. The number of carbonyl (C=O) groups excluding carboxylic acids is 3. The normalized spacial score (nSPS) is 10.7. The van der Waals surface area contributed by atoms with Crippen molar-refractivity contribution in [1.82, 2.24) is 0 Å². The summed E-state index contributed by atoms with van der Waals surface area (Å²) in [5.74, 6) is -0.695. The van der Waals surface area contributed by atoms with Crippen LogP contribution < -0.4 is 15.9 Å². The van der Waals surface area contributed by atoms with Crippen molar-refractivity contribution in [3.63, 3.8) is 0 Å². The molecule has 0 fully saturated rings. The number of benzene rings is 3. The second kappa shape index (κ2) is 8.41. The van der Waals surface area contributed by atoms with Gasteiger partial charge in [-0.2, -0.15) is 0 Å². The molecule has 0 heterocycles. The first-order chi connectivity index (χ1) is 13.4. The van der Waals surface area contributed by atoms with Crippen LogP contribution in [0.4, 0.5) is 0 Å². The highest BCUT2D eigenvalue weighted by molar-refractivity contribution is 7.80. The smallest absolute Gasteiger partial charge is 0.161 e. The van der Waals surface area contributed by atoms with Gasteiger partial charge in [0, 0.05) is 16.7 Å². The first-order valence-electron chi connectivity index (χ1n) is 9.02. The van der Waals surface area contributed by atoms with Crippen LogP contribution >= 0.6 is 7.92 Å². The van der Waals surface area contributed by atoms with Gasteiger partial charge < -0.3 is 0 Å². The van der Waals surface area contributed by atoms with Gasteiger partial charge in [-0.15, -0.1) is 0 Å². The standard InChI is InChI=1S/C24H21O3P/c1-16(25)21-14-15-22(24(18(3)27)23(21)17(2)26)28(19-10-6-4-7-11-19)20-12-8-5-9-13-20/h4-15H,1-3H3. The Bertz CT molecular complexity index is 1000. The Labute approximate surface area is 166 Å². The lowest BCUT2D eigenvalue weighted by atomic mass is 9.94. The molecule has 0 aromatic heterocycles. The van der Waals surface area contributed by atoms with Crippen LogP contribution in [0, 0.1) is 0 Å². The summed E-state index contributed by atoms with van der Waals surface area (Å²) >= 11 is 0. The first-order valence-corrected chi connectivity index (χ1v) is 10.4. The summed E-state index contributed by atoms with van der Waals surface area (Å²) in [5, 5.41) is 2.96. The summed E-state index contributed by atoms with van der Waals surface area (Å²) in [7, 11) is -1.06. The van der Waals surface area contributed by atoms with Crippen molar-refractivity contribution in [1.29, 1.82) is 0 Å². The fraction of sp³-hybridized carbons (Fsp3) is 0.125. The van der Waals surface area contributed by atoms with Crippen molar-refractivity contribution in [2.75, 3.05) is 0 Å². The van der Waals surface area contributed by atoms with E-state index in [-0.39, 0.29) is 22.9 Å². The Kier molecular flexibility index (Phi) is 5.96. The molecule has 0 spiro atoms. The first kappa shape index (κ1) is 19.9. The van der Waals surface area contributed by atoms with Crippen LogP contribution in [-0.4, -0.2) is 17.3 Å². The lowest BCUT2D eigenvalue weighted by molar-refractivity contribution is 0.0968. The second-order valence-corrected chi connectivity index (χ2v) is 8.74. The van der Waals surface area contributed by atoms with E-state index in [4.69, 9.17) is 0 Å². The van der Waals surface area contributed by atoms with E-state index < -0.39 is 7.92 Å². The molecule has 0 aliphatic carbocycles. The van der Waals surface area contributed by atoms with Gasteiger partial charge in [0.15, 0.2) is 17.3 Å². The summed E-state index contributed by atoms with van der Waals surface area (Å²) < 4.78 is 0. The van der Waals surface area contributed by atoms with Crippen LogP contribution in [0.15, 0.2) is 72.8 Å². The summed E-state index contributed by atoms with van der Waals surface area (Å²) in [6.45, 7) is 4.28. The van der Waals surface area contributed by atoms with E-state index in [0.717, 1.165) is 15.9 Å². The molecule has 0 saturated heterocycles. The molecule has 3 aromatic rings. The van der Waals surface area contributed by atoms with Gasteiger partial charge in [-0.3, -0.25) is 14.4 Å². The van der Waals surface area contributed by atoms with Crippen LogP contribution in [0.25, 0.3) is 0 Å².